The molecule has 0 atom stereocenters. The minimum Gasteiger partial charge on any atom is -0.486 e. The minimum atomic E-state index is -0.205. The lowest BCUT2D eigenvalue weighted by molar-refractivity contribution is -0.119. The Morgan fingerprint density at radius 1 is 1.20 bits per heavy atom. The lowest BCUT2D eigenvalue weighted by Crippen LogP contribution is -2.16. The van der Waals surface area contributed by atoms with Crippen molar-refractivity contribution >= 4 is 11.6 Å². The van der Waals surface area contributed by atoms with E-state index < -0.39 is 0 Å². The molecule has 5 heteroatoms. The van der Waals surface area contributed by atoms with E-state index in [9.17, 15) is 9.59 Å². The number of ketones is 2. The molecule has 0 saturated carbocycles. The van der Waals surface area contributed by atoms with Crippen LogP contribution in [-0.4, -0.2) is 38.0 Å². The highest BCUT2D eigenvalue weighted by atomic mass is 16.6. The predicted molar refractivity (Wildman–Crippen MR) is 72.5 cm³/mol. The summed E-state index contributed by atoms with van der Waals surface area (Å²) in [5.41, 5.74) is 0.471. The number of rotatable bonds is 7. The zero-order valence-electron chi connectivity index (χ0n) is 11.5. The highest BCUT2D eigenvalue weighted by Crippen LogP contribution is 2.31. The molecule has 1 aromatic rings. The smallest absolute Gasteiger partial charge is 0.170 e. The number of Topliss-reactive ketones (excluding diaryl/α,β-unsaturated/α-hetero) is 2. The molecule has 0 radical (unpaired) electrons. The molecule has 1 aliphatic rings. The lowest BCUT2D eigenvalue weighted by Gasteiger charge is -2.18. The van der Waals surface area contributed by atoms with E-state index in [0.29, 0.717) is 43.5 Å². The van der Waals surface area contributed by atoms with Crippen LogP contribution in [0.5, 0.6) is 11.5 Å². The van der Waals surface area contributed by atoms with Gasteiger partial charge in [0.15, 0.2) is 17.3 Å². The normalized spacial score (nSPS) is 13.1. The van der Waals surface area contributed by atoms with Gasteiger partial charge in [-0.1, -0.05) is 0 Å². The van der Waals surface area contributed by atoms with Gasteiger partial charge >= 0.3 is 0 Å². The van der Waals surface area contributed by atoms with Gasteiger partial charge < -0.3 is 14.2 Å². The molecular formula is C15H18O5. The van der Waals surface area contributed by atoms with Gasteiger partial charge in [0.1, 0.15) is 19.0 Å². The summed E-state index contributed by atoms with van der Waals surface area (Å²) in [6, 6.07) is 4.99. The number of hydrogen-bond donors (Lipinski definition) is 0. The second-order valence-electron chi connectivity index (χ2n) is 4.44. The van der Waals surface area contributed by atoms with Crippen molar-refractivity contribution in [1.82, 2.24) is 0 Å². The molecule has 1 heterocycles. The number of carbonyl (C=O) groups is 2. The van der Waals surface area contributed by atoms with Crippen LogP contribution in [0.2, 0.25) is 0 Å². The Bertz CT molecular complexity index is 495. The van der Waals surface area contributed by atoms with E-state index in [4.69, 9.17) is 14.2 Å². The first-order chi connectivity index (χ1) is 9.70. The van der Waals surface area contributed by atoms with Gasteiger partial charge in [-0.2, -0.15) is 0 Å². The molecule has 0 fully saturated rings. The van der Waals surface area contributed by atoms with E-state index in [1.807, 2.05) is 6.92 Å². The van der Waals surface area contributed by atoms with Gasteiger partial charge in [-0.3, -0.25) is 9.59 Å². The Balaban J connectivity index is 1.93. The lowest BCUT2D eigenvalue weighted by atomic mass is 10.0. The first-order valence-electron chi connectivity index (χ1n) is 6.73. The average molecular weight is 278 g/mol. The van der Waals surface area contributed by atoms with Gasteiger partial charge in [0.05, 0.1) is 13.0 Å². The molecule has 0 spiro atoms. The van der Waals surface area contributed by atoms with E-state index in [1.165, 1.54) is 0 Å². The van der Waals surface area contributed by atoms with E-state index in [0.717, 1.165) is 0 Å². The summed E-state index contributed by atoms with van der Waals surface area (Å²) in [7, 11) is 0. The summed E-state index contributed by atoms with van der Waals surface area (Å²) in [6.45, 7) is 3.78. The third-order valence-electron chi connectivity index (χ3n) is 2.95. The Morgan fingerprint density at radius 2 is 1.95 bits per heavy atom. The summed E-state index contributed by atoms with van der Waals surface area (Å²) in [5, 5.41) is 0. The maximum Gasteiger partial charge on any atom is 0.170 e. The monoisotopic (exact) mass is 278 g/mol. The SMILES string of the molecule is CCOCCC(=O)CC(=O)c1ccc2c(c1)OCCO2. The van der Waals surface area contributed by atoms with Crippen molar-refractivity contribution in [3.8, 4) is 11.5 Å². The molecule has 5 nitrogen and oxygen atoms in total. The first kappa shape index (κ1) is 14.5. The molecule has 1 aromatic carbocycles. The summed E-state index contributed by atoms with van der Waals surface area (Å²) in [5.74, 6) is 0.876. The molecule has 0 saturated heterocycles. The van der Waals surface area contributed by atoms with E-state index in [1.54, 1.807) is 18.2 Å². The molecule has 0 unspecified atom stereocenters. The van der Waals surface area contributed by atoms with Crippen molar-refractivity contribution in [2.75, 3.05) is 26.4 Å². The Hall–Kier alpha value is -1.88. The van der Waals surface area contributed by atoms with Crippen LogP contribution >= 0.6 is 0 Å². The fourth-order valence-corrected chi connectivity index (χ4v) is 1.92. The summed E-state index contributed by atoms with van der Waals surface area (Å²) in [4.78, 5) is 23.6. The van der Waals surface area contributed by atoms with Gasteiger partial charge in [0.2, 0.25) is 0 Å². The fraction of sp³-hybridized carbons (Fsp3) is 0.467. The molecular weight excluding hydrogens is 260 g/mol. The van der Waals surface area contributed by atoms with Gasteiger partial charge in [-0.15, -0.1) is 0 Å². The number of fused-ring (bicyclic) bond motifs is 1. The zero-order chi connectivity index (χ0) is 14.4. The molecule has 0 N–H and O–H groups in total. The third kappa shape index (κ3) is 3.81. The molecule has 108 valence electrons. The maximum absolute atomic E-state index is 12.0. The molecule has 0 aromatic heterocycles. The largest absolute Gasteiger partial charge is 0.486 e. The number of benzene rings is 1. The minimum absolute atomic E-state index is 0.104. The van der Waals surface area contributed by atoms with Crippen molar-refractivity contribution in [2.45, 2.75) is 19.8 Å². The topological polar surface area (TPSA) is 61.8 Å². The van der Waals surface area contributed by atoms with Gasteiger partial charge in [-0.25, -0.2) is 0 Å². The second-order valence-corrected chi connectivity index (χ2v) is 4.44. The van der Waals surface area contributed by atoms with Crippen LogP contribution in [0.15, 0.2) is 18.2 Å². The number of hydrogen-bond acceptors (Lipinski definition) is 5. The molecule has 20 heavy (non-hydrogen) atoms. The Morgan fingerprint density at radius 3 is 2.70 bits per heavy atom. The molecule has 0 amide bonds. The van der Waals surface area contributed by atoms with Gasteiger partial charge in [-0.05, 0) is 25.1 Å². The van der Waals surface area contributed by atoms with Crippen LogP contribution in [-0.2, 0) is 9.53 Å². The van der Waals surface area contributed by atoms with Gasteiger partial charge in [0.25, 0.3) is 0 Å². The van der Waals surface area contributed by atoms with Crippen LogP contribution < -0.4 is 9.47 Å². The van der Waals surface area contributed by atoms with Crippen molar-refractivity contribution in [3.05, 3.63) is 23.8 Å². The molecule has 2 rings (SSSR count). The van der Waals surface area contributed by atoms with Gasteiger partial charge in [0, 0.05) is 18.6 Å². The van der Waals surface area contributed by atoms with Crippen LogP contribution in [0, 0.1) is 0 Å². The maximum atomic E-state index is 12.0. The number of ether oxygens (including phenoxy) is 3. The third-order valence-corrected chi connectivity index (χ3v) is 2.95. The molecule has 1 aliphatic heterocycles. The Kier molecular flexibility index (Phi) is 5.12. The van der Waals surface area contributed by atoms with E-state index >= 15 is 0 Å². The van der Waals surface area contributed by atoms with Crippen LogP contribution in [0.4, 0.5) is 0 Å². The van der Waals surface area contributed by atoms with Crippen molar-refractivity contribution in [1.29, 1.82) is 0 Å². The van der Waals surface area contributed by atoms with E-state index in [-0.39, 0.29) is 24.4 Å². The summed E-state index contributed by atoms with van der Waals surface area (Å²) >= 11 is 0. The van der Waals surface area contributed by atoms with E-state index in [2.05, 4.69) is 0 Å². The molecule has 0 bridgehead atoms. The summed E-state index contributed by atoms with van der Waals surface area (Å²) < 4.78 is 15.9. The van der Waals surface area contributed by atoms with Crippen LogP contribution in [0.25, 0.3) is 0 Å². The standard InChI is InChI=1S/C15H18O5/c1-2-18-6-5-12(16)10-13(17)11-3-4-14-15(9-11)20-8-7-19-14/h3-4,9H,2,5-8,10H2,1H3. The van der Waals surface area contributed by atoms with Crippen LogP contribution in [0.1, 0.15) is 30.1 Å². The summed E-state index contributed by atoms with van der Waals surface area (Å²) in [6.07, 6.45) is 0.164. The van der Waals surface area contributed by atoms with Crippen molar-refractivity contribution in [2.24, 2.45) is 0 Å². The highest BCUT2D eigenvalue weighted by Gasteiger charge is 2.16. The Labute approximate surface area is 117 Å². The van der Waals surface area contributed by atoms with Crippen LogP contribution in [0.3, 0.4) is 0 Å². The average Bonchev–Trinajstić information content (AvgIpc) is 2.47. The second kappa shape index (κ2) is 7.05. The number of carbonyl (C=O) groups excluding carboxylic acids is 2. The fourth-order valence-electron chi connectivity index (χ4n) is 1.92. The highest BCUT2D eigenvalue weighted by molar-refractivity contribution is 6.08. The van der Waals surface area contributed by atoms with Crippen molar-refractivity contribution in [3.63, 3.8) is 0 Å². The first-order valence-corrected chi connectivity index (χ1v) is 6.73. The van der Waals surface area contributed by atoms with Crippen molar-refractivity contribution < 1.29 is 23.8 Å². The zero-order valence-corrected chi connectivity index (χ0v) is 11.5. The predicted octanol–water partition coefficient (Wildman–Crippen LogP) is 2.03. The quantitative estimate of drug-likeness (QED) is 0.434. The molecule has 0 aliphatic carbocycles.